The molecule has 0 saturated heterocycles. The van der Waals surface area contributed by atoms with Crippen LogP contribution in [0.3, 0.4) is 0 Å². The molecule has 0 aliphatic heterocycles. The molecule has 84 valence electrons. The smallest absolute Gasteiger partial charge is 0.218 e. The minimum atomic E-state index is 0.336. The topological polar surface area (TPSA) is 12.5 Å². The molecule has 0 aliphatic rings. The molecule has 0 saturated carbocycles. The first-order valence-electron chi connectivity index (χ1n) is 5.28. The van der Waals surface area contributed by atoms with Gasteiger partial charge in [0.1, 0.15) is 6.73 Å². The van der Waals surface area contributed by atoms with Crippen LogP contribution in [-0.2, 0) is 4.74 Å². The molecular formula is C10H21NOS2. The molecule has 2 nitrogen and oxygen atoms in total. The minimum absolute atomic E-state index is 0.336. The SMILES string of the molecule is CCCCN(CCCC)COC(=S)S. The zero-order valence-corrected chi connectivity index (χ0v) is 10.9. The van der Waals surface area contributed by atoms with Gasteiger partial charge in [0.2, 0.25) is 4.38 Å². The van der Waals surface area contributed by atoms with Gasteiger partial charge in [0.25, 0.3) is 0 Å². The van der Waals surface area contributed by atoms with Gasteiger partial charge in [0.15, 0.2) is 0 Å². The molecule has 0 aliphatic carbocycles. The van der Waals surface area contributed by atoms with Crippen molar-refractivity contribution in [2.24, 2.45) is 0 Å². The van der Waals surface area contributed by atoms with Gasteiger partial charge in [-0.3, -0.25) is 4.90 Å². The summed E-state index contributed by atoms with van der Waals surface area (Å²) >= 11 is 8.69. The molecule has 0 spiro atoms. The lowest BCUT2D eigenvalue weighted by Crippen LogP contribution is -2.29. The van der Waals surface area contributed by atoms with E-state index in [9.17, 15) is 0 Å². The number of unbranched alkanes of at least 4 members (excludes halogenated alkanes) is 2. The van der Waals surface area contributed by atoms with E-state index in [1.807, 2.05) is 0 Å². The van der Waals surface area contributed by atoms with Gasteiger partial charge >= 0.3 is 0 Å². The van der Waals surface area contributed by atoms with E-state index in [0.29, 0.717) is 11.1 Å². The van der Waals surface area contributed by atoms with Crippen molar-refractivity contribution in [2.45, 2.75) is 39.5 Å². The van der Waals surface area contributed by atoms with Crippen molar-refractivity contribution >= 4 is 29.2 Å². The van der Waals surface area contributed by atoms with E-state index in [0.717, 1.165) is 13.1 Å². The highest BCUT2D eigenvalue weighted by molar-refractivity contribution is 8.10. The summed E-state index contributed by atoms with van der Waals surface area (Å²) in [6.45, 7) is 7.16. The summed E-state index contributed by atoms with van der Waals surface area (Å²) in [6, 6.07) is 0. The predicted molar refractivity (Wildman–Crippen MR) is 68.9 cm³/mol. The van der Waals surface area contributed by atoms with E-state index in [-0.39, 0.29) is 0 Å². The summed E-state index contributed by atoms with van der Waals surface area (Å²) in [4.78, 5) is 2.29. The molecular weight excluding hydrogens is 214 g/mol. The van der Waals surface area contributed by atoms with E-state index in [1.54, 1.807) is 0 Å². The number of rotatable bonds is 8. The third kappa shape index (κ3) is 8.78. The molecule has 0 amide bonds. The van der Waals surface area contributed by atoms with Crippen molar-refractivity contribution in [1.82, 2.24) is 4.90 Å². The summed E-state index contributed by atoms with van der Waals surface area (Å²) < 4.78 is 5.56. The first-order chi connectivity index (χ1) is 6.70. The summed E-state index contributed by atoms with van der Waals surface area (Å²) in [5.41, 5.74) is 0. The second kappa shape index (κ2) is 9.74. The van der Waals surface area contributed by atoms with Gasteiger partial charge in [0, 0.05) is 13.1 Å². The number of nitrogens with zero attached hydrogens (tertiary/aromatic N) is 1. The van der Waals surface area contributed by atoms with E-state index < -0.39 is 0 Å². The molecule has 0 heterocycles. The van der Waals surface area contributed by atoms with Crippen LogP contribution in [0.5, 0.6) is 0 Å². The van der Waals surface area contributed by atoms with Gasteiger partial charge in [-0.25, -0.2) is 0 Å². The van der Waals surface area contributed by atoms with Crippen molar-refractivity contribution in [3.63, 3.8) is 0 Å². The molecule has 0 aromatic heterocycles. The highest BCUT2D eigenvalue weighted by Crippen LogP contribution is 2.00. The third-order valence-electron chi connectivity index (χ3n) is 2.03. The Morgan fingerprint density at radius 3 is 2.07 bits per heavy atom. The molecule has 0 N–H and O–H groups in total. The third-order valence-corrected chi connectivity index (χ3v) is 2.27. The van der Waals surface area contributed by atoms with E-state index in [1.165, 1.54) is 25.7 Å². The highest BCUT2D eigenvalue weighted by Gasteiger charge is 2.04. The highest BCUT2D eigenvalue weighted by atomic mass is 32.1. The minimum Gasteiger partial charge on any atom is -0.463 e. The molecule has 0 aromatic carbocycles. The van der Waals surface area contributed by atoms with Gasteiger partial charge in [-0.05, 0) is 25.1 Å². The van der Waals surface area contributed by atoms with Gasteiger partial charge in [-0.2, -0.15) is 0 Å². The van der Waals surface area contributed by atoms with E-state index >= 15 is 0 Å². The number of hydrogen-bond donors (Lipinski definition) is 1. The lowest BCUT2D eigenvalue weighted by Gasteiger charge is -2.21. The van der Waals surface area contributed by atoms with E-state index in [2.05, 4.69) is 31.4 Å². The van der Waals surface area contributed by atoms with Crippen molar-refractivity contribution in [3.8, 4) is 0 Å². The number of hydrogen-bond acceptors (Lipinski definition) is 3. The van der Waals surface area contributed by atoms with Crippen LogP contribution in [0.4, 0.5) is 0 Å². The Hall–Kier alpha value is 0.200. The van der Waals surface area contributed by atoms with Crippen LogP contribution in [0.25, 0.3) is 0 Å². The van der Waals surface area contributed by atoms with Crippen LogP contribution in [0, 0.1) is 0 Å². The number of thiocarbonyl (C=S) groups is 1. The van der Waals surface area contributed by atoms with Gasteiger partial charge < -0.3 is 4.74 Å². The molecule has 4 heteroatoms. The quantitative estimate of drug-likeness (QED) is 0.395. The molecule has 0 atom stereocenters. The maximum atomic E-state index is 5.22. The largest absolute Gasteiger partial charge is 0.463 e. The Morgan fingerprint density at radius 2 is 1.71 bits per heavy atom. The van der Waals surface area contributed by atoms with Crippen LogP contribution in [0.1, 0.15) is 39.5 Å². The van der Waals surface area contributed by atoms with Crippen molar-refractivity contribution in [3.05, 3.63) is 0 Å². The lowest BCUT2D eigenvalue weighted by molar-refractivity contribution is 0.120. The standard InChI is InChI=1S/C10H21NOS2/c1-3-5-7-11(8-6-4-2)9-12-10(13)14/h3-9H2,1-2H3,(H,13,14). The van der Waals surface area contributed by atoms with Crippen LogP contribution in [0.2, 0.25) is 0 Å². The molecule has 0 aromatic rings. The fraction of sp³-hybridized carbons (Fsp3) is 0.900. The molecule has 14 heavy (non-hydrogen) atoms. The van der Waals surface area contributed by atoms with Crippen LogP contribution in [0.15, 0.2) is 0 Å². The average molecular weight is 235 g/mol. The summed E-state index contributed by atoms with van der Waals surface area (Å²) in [6.07, 6.45) is 4.86. The predicted octanol–water partition coefficient (Wildman–Crippen LogP) is 3.08. The first kappa shape index (κ1) is 14.2. The zero-order chi connectivity index (χ0) is 10.8. The van der Waals surface area contributed by atoms with Crippen LogP contribution in [-0.4, -0.2) is 29.1 Å². The second-order valence-electron chi connectivity index (χ2n) is 3.36. The van der Waals surface area contributed by atoms with Crippen molar-refractivity contribution in [2.75, 3.05) is 19.8 Å². The average Bonchev–Trinajstić information content (AvgIpc) is 2.16. The van der Waals surface area contributed by atoms with Gasteiger partial charge in [-0.1, -0.05) is 39.3 Å². The second-order valence-corrected chi connectivity index (χ2v) is 4.44. The molecule has 0 fully saturated rings. The fourth-order valence-corrected chi connectivity index (χ4v) is 1.26. The maximum Gasteiger partial charge on any atom is 0.218 e. The lowest BCUT2D eigenvalue weighted by atomic mass is 10.3. The Kier molecular flexibility index (Phi) is 9.88. The molecule has 0 rings (SSSR count). The van der Waals surface area contributed by atoms with E-state index in [4.69, 9.17) is 17.0 Å². The maximum absolute atomic E-state index is 5.22. The van der Waals surface area contributed by atoms with Crippen molar-refractivity contribution < 1.29 is 4.74 Å². The molecule has 0 bridgehead atoms. The molecule has 0 unspecified atom stereocenters. The summed E-state index contributed by atoms with van der Waals surface area (Å²) in [5.74, 6) is 0. The number of ether oxygens (including phenoxy) is 1. The Balaban J connectivity index is 3.65. The Morgan fingerprint density at radius 1 is 1.21 bits per heavy atom. The van der Waals surface area contributed by atoms with Gasteiger partial charge in [-0.15, -0.1) is 0 Å². The zero-order valence-electron chi connectivity index (χ0n) is 9.16. The van der Waals surface area contributed by atoms with Crippen LogP contribution < -0.4 is 0 Å². The normalized spacial score (nSPS) is 10.6. The Labute approximate surface area is 98.4 Å². The van der Waals surface area contributed by atoms with Crippen LogP contribution >= 0.6 is 24.8 Å². The first-order valence-corrected chi connectivity index (χ1v) is 6.14. The fourth-order valence-electron chi connectivity index (χ4n) is 1.15. The summed E-state index contributed by atoms with van der Waals surface area (Å²) in [7, 11) is 0. The Bertz CT molecular complexity index is 145. The van der Waals surface area contributed by atoms with Crippen molar-refractivity contribution in [1.29, 1.82) is 0 Å². The summed E-state index contributed by atoms with van der Waals surface area (Å²) in [5, 5.41) is 0. The number of thiol groups is 1. The monoisotopic (exact) mass is 235 g/mol. The van der Waals surface area contributed by atoms with Gasteiger partial charge in [0.05, 0.1) is 0 Å². The molecule has 0 radical (unpaired) electrons.